The number of rotatable bonds is 3. The molecule has 0 bridgehead atoms. The number of hydrogen-bond donors (Lipinski definition) is 2. The molecule has 96 valence electrons. The van der Waals surface area contributed by atoms with Gasteiger partial charge < -0.3 is 10.3 Å². The molecule has 0 radical (unpaired) electrons. The molecule has 1 amide bonds. The average Bonchev–Trinajstić information content (AvgIpc) is 3.20. The van der Waals surface area contributed by atoms with E-state index in [1.54, 1.807) is 0 Å². The summed E-state index contributed by atoms with van der Waals surface area (Å²) in [5.41, 5.74) is 1.54. The monoisotopic (exact) mass is 254 g/mol. The summed E-state index contributed by atoms with van der Waals surface area (Å²) in [5, 5.41) is 2.98. The van der Waals surface area contributed by atoms with E-state index in [-0.39, 0.29) is 17.5 Å². The van der Waals surface area contributed by atoms with E-state index in [1.807, 2.05) is 18.2 Å². The van der Waals surface area contributed by atoms with E-state index in [2.05, 4.69) is 22.4 Å². The number of pyridine rings is 1. The van der Waals surface area contributed by atoms with Crippen LogP contribution in [0.2, 0.25) is 0 Å². The van der Waals surface area contributed by atoms with E-state index < -0.39 is 0 Å². The Morgan fingerprint density at radius 1 is 1.16 bits per heavy atom. The second-order valence-corrected chi connectivity index (χ2v) is 4.77. The minimum absolute atomic E-state index is 0.139. The maximum atomic E-state index is 12.0. The van der Waals surface area contributed by atoms with Crippen molar-refractivity contribution < 1.29 is 4.79 Å². The molecule has 2 N–H and O–H groups in total. The molecular formula is C15H14N2O2. The van der Waals surface area contributed by atoms with Gasteiger partial charge in [0, 0.05) is 24.2 Å². The summed E-state index contributed by atoms with van der Waals surface area (Å²) in [7, 11) is 0. The molecule has 1 aromatic carbocycles. The van der Waals surface area contributed by atoms with Crippen molar-refractivity contribution in [3.63, 3.8) is 0 Å². The van der Waals surface area contributed by atoms with Gasteiger partial charge in [0.1, 0.15) is 0 Å². The largest absolute Gasteiger partial charge is 0.349 e. The van der Waals surface area contributed by atoms with Gasteiger partial charge in [0.25, 0.3) is 5.91 Å². The summed E-state index contributed by atoms with van der Waals surface area (Å²) in [5.74, 6) is 0.271. The first kappa shape index (κ1) is 11.7. The van der Waals surface area contributed by atoms with Gasteiger partial charge in [-0.15, -0.1) is 0 Å². The van der Waals surface area contributed by atoms with E-state index in [4.69, 9.17) is 0 Å². The molecule has 0 spiro atoms. The van der Waals surface area contributed by atoms with Gasteiger partial charge in [-0.25, -0.2) is 0 Å². The first-order valence-corrected chi connectivity index (χ1v) is 6.28. The Morgan fingerprint density at radius 3 is 2.63 bits per heavy atom. The predicted molar refractivity (Wildman–Crippen MR) is 72.1 cm³/mol. The topological polar surface area (TPSA) is 62.0 Å². The molecule has 1 aromatic heterocycles. The second-order valence-electron chi connectivity index (χ2n) is 4.77. The molecule has 1 saturated carbocycles. The van der Waals surface area contributed by atoms with Crippen LogP contribution in [-0.2, 0) is 0 Å². The van der Waals surface area contributed by atoms with Crippen LogP contribution in [0, 0.1) is 0 Å². The van der Waals surface area contributed by atoms with Gasteiger partial charge in [0.15, 0.2) is 0 Å². The number of aromatic nitrogens is 1. The highest BCUT2D eigenvalue weighted by molar-refractivity contribution is 5.94. The zero-order valence-electron chi connectivity index (χ0n) is 10.3. The minimum Gasteiger partial charge on any atom is -0.349 e. The molecule has 1 fully saturated rings. The summed E-state index contributed by atoms with van der Waals surface area (Å²) in [4.78, 5) is 25.4. The maximum Gasteiger partial charge on any atom is 0.252 e. The Bertz CT molecular complexity index is 628. The third kappa shape index (κ3) is 2.57. The van der Waals surface area contributed by atoms with E-state index in [0.717, 1.165) is 6.42 Å². The van der Waals surface area contributed by atoms with Crippen molar-refractivity contribution in [2.75, 3.05) is 0 Å². The number of carbonyl (C=O) groups excluding carboxylic acids is 1. The van der Waals surface area contributed by atoms with Crippen LogP contribution in [0.1, 0.15) is 28.3 Å². The fourth-order valence-corrected chi connectivity index (χ4v) is 2.23. The highest BCUT2D eigenvalue weighted by atomic mass is 16.2. The second kappa shape index (κ2) is 4.72. The van der Waals surface area contributed by atoms with Gasteiger partial charge >= 0.3 is 0 Å². The highest BCUT2D eigenvalue weighted by Crippen LogP contribution is 2.40. The average molecular weight is 254 g/mol. The number of nitrogens with one attached hydrogen (secondary N) is 2. The van der Waals surface area contributed by atoms with Gasteiger partial charge in [0.2, 0.25) is 5.56 Å². The van der Waals surface area contributed by atoms with Crippen LogP contribution in [0.5, 0.6) is 0 Å². The molecule has 2 aromatic rings. The number of hydrogen-bond acceptors (Lipinski definition) is 2. The van der Waals surface area contributed by atoms with Gasteiger partial charge in [-0.3, -0.25) is 9.59 Å². The van der Waals surface area contributed by atoms with Crippen molar-refractivity contribution in [3.05, 3.63) is 70.1 Å². The van der Waals surface area contributed by atoms with Crippen LogP contribution in [0.25, 0.3) is 0 Å². The van der Waals surface area contributed by atoms with Crippen molar-refractivity contribution in [2.24, 2.45) is 0 Å². The number of carbonyl (C=O) groups is 1. The lowest BCUT2D eigenvalue weighted by Gasteiger charge is -2.04. The van der Waals surface area contributed by atoms with Gasteiger partial charge in [-0.1, -0.05) is 30.3 Å². The third-order valence-corrected chi connectivity index (χ3v) is 3.38. The van der Waals surface area contributed by atoms with Crippen LogP contribution in [0.15, 0.2) is 53.5 Å². The van der Waals surface area contributed by atoms with E-state index in [1.165, 1.54) is 23.9 Å². The Labute approximate surface area is 110 Å². The molecule has 1 aliphatic rings. The van der Waals surface area contributed by atoms with Crippen LogP contribution in [0.3, 0.4) is 0 Å². The van der Waals surface area contributed by atoms with E-state index in [9.17, 15) is 9.59 Å². The number of aromatic amines is 1. The Balaban J connectivity index is 1.63. The smallest absolute Gasteiger partial charge is 0.252 e. The van der Waals surface area contributed by atoms with Crippen LogP contribution in [0.4, 0.5) is 0 Å². The number of H-pyrrole nitrogens is 1. The molecule has 0 aliphatic heterocycles. The number of amides is 1. The molecule has 0 saturated heterocycles. The maximum absolute atomic E-state index is 12.0. The van der Waals surface area contributed by atoms with Gasteiger partial charge in [-0.05, 0) is 18.1 Å². The van der Waals surface area contributed by atoms with Crippen molar-refractivity contribution in [1.29, 1.82) is 0 Å². The minimum atomic E-state index is -0.204. The summed E-state index contributed by atoms with van der Waals surface area (Å²) in [6.45, 7) is 0. The first-order chi connectivity index (χ1) is 9.24. The zero-order valence-corrected chi connectivity index (χ0v) is 10.3. The molecule has 3 rings (SSSR count). The standard InChI is InChI=1S/C15H14N2O2/c18-14-7-6-11(9-16-14)15(19)17-13-8-12(13)10-4-2-1-3-5-10/h1-7,9,12-13H,8H2,(H,16,18)(H,17,19)/t12-,13+/m1/s1. The summed E-state index contributed by atoms with van der Waals surface area (Å²) < 4.78 is 0. The molecular weight excluding hydrogens is 240 g/mol. The van der Waals surface area contributed by atoms with Crippen LogP contribution < -0.4 is 10.9 Å². The zero-order chi connectivity index (χ0) is 13.2. The normalized spacial score (nSPS) is 20.8. The lowest BCUT2D eigenvalue weighted by atomic mass is 10.1. The molecule has 1 aliphatic carbocycles. The molecule has 4 heteroatoms. The quantitative estimate of drug-likeness (QED) is 0.875. The Hall–Kier alpha value is -2.36. The van der Waals surface area contributed by atoms with Crippen molar-refractivity contribution in [1.82, 2.24) is 10.3 Å². The van der Waals surface area contributed by atoms with Gasteiger partial charge in [-0.2, -0.15) is 0 Å². The predicted octanol–water partition coefficient (Wildman–Crippen LogP) is 1.66. The fraction of sp³-hybridized carbons (Fsp3) is 0.200. The molecule has 1 heterocycles. The highest BCUT2D eigenvalue weighted by Gasteiger charge is 2.39. The van der Waals surface area contributed by atoms with Crippen molar-refractivity contribution in [3.8, 4) is 0 Å². The Kier molecular flexibility index (Phi) is 2.91. The lowest BCUT2D eigenvalue weighted by molar-refractivity contribution is 0.0950. The van der Waals surface area contributed by atoms with E-state index in [0.29, 0.717) is 11.5 Å². The summed E-state index contributed by atoms with van der Waals surface area (Å²) >= 11 is 0. The van der Waals surface area contributed by atoms with E-state index >= 15 is 0 Å². The fourth-order valence-electron chi connectivity index (χ4n) is 2.23. The molecule has 0 unspecified atom stereocenters. The summed E-state index contributed by atoms with van der Waals surface area (Å²) in [6.07, 6.45) is 2.41. The summed E-state index contributed by atoms with van der Waals surface area (Å²) in [6, 6.07) is 13.3. The molecule has 4 nitrogen and oxygen atoms in total. The van der Waals surface area contributed by atoms with Crippen LogP contribution in [-0.4, -0.2) is 16.9 Å². The van der Waals surface area contributed by atoms with Crippen molar-refractivity contribution >= 4 is 5.91 Å². The SMILES string of the molecule is O=C(N[C@H]1C[C@@H]1c1ccccc1)c1ccc(=O)[nH]c1. The van der Waals surface area contributed by atoms with Gasteiger partial charge in [0.05, 0.1) is 5.56 Å². The molecule has 2 atom stereocenters. The molecule has 19 heavy (non-hydrogen) atoms. The third-order valence-electron chi connectivity index (χ3n) is 3.38. The van der Waals surface area contributed by atoms with Crippen molar-refractivity contribution in [2.45, 2.75) is 18.4 Å². The lowest BCUT2D eigenvalue weighted by Crippen LogP contribution is -2.27. The number of benzene rings is 1. The van der Waals surface area contributed by atoms with Crippen LogP contribution >= 0.6 is 0 Å². The Morgan fingerprint density at radius 2 is 1.95 bits per heavy atom. The first-order valence-electron chi connectivity index (χ1n) is 6.28.